The largest absolute Gasteiger partial charge is 0.393 e. The van der Waals surface area contributed by atoms with Crippen LogP contribution in [0.5, 0.6) is 0 Å². The molecule has 2 unspecified atom stereocenters. The summed E-state index contributed by atoms with van der Waals surface area (Å²) in [6.07, 6.45) is 0.539. The number of aliphatic hydroxyl groups is 1. The van der Waals surface area contributed by atoms with Gasteiger partial charge >= 0.3 is 0 Å². The number of rotatable bonds is 2. The van der Waals surface area contributed by atoms with E-state index in [4.69, 9.17) is 11.6 Å². The Morgan fingerprint density at radius 3 is 2.94 bits per heavy atom. The van der Waals surface area contributed by atoms with Crippen LogP contribution < -0.4 is 0 Å². The summed E-state index contributed by atoms with van der Waals surface area (Å²) in [7, 11) is 0. The van der Waals surface area contributed by atoms with Crippen molar-refractivity contribution in [1.82, 2.24) is 4.90 Å². The van der Waals surface area contributed by atoms with Gasteiger partial charge in [-0.25, -0.2) is 4.39 Å². The van der Waals surface area contributed by atoms with Gasteiger partial charge in [0.05, 0.1) is 6.10 Å². The van der Waals surface area contributed by atoms with Crippen molar-refractivity contribution in [3.63, 3.8) is 0 Å². The van der Waals surface area contributed by atoms with Crippen LogP contribution >= 0.6 is 11.6 Å². The number of nitrogens with zero attached hydrogens (tertiary/aromatic N) is 1. The second-order valence-corrected chi connectivity index (χ2v) is 5.24. The van der Waals surface area contributed by atoms with Crippen LogP contribution in [0.4, 0.5) is 4.39 Å². The van der Waals surface area contributed by atoms with Crippen molar-refractivity contribution in [2.45, 2.75) is 26.0 Å². The molecule has 0 spiro atoms. The van der Waals surface area contributed by atoms with E-state index in [1.54, 1.807) is 12.1 Å². The zero-order chi connectivity index (χ0) is 12.4. The van der Waals surface area contributed by atoms with Crippen LogP contribution in [-0.4, -0.2) is 29.2 Å². The summed E-state index contributed by atoms with van der Waals surface area (Å²) < 4.78 is 13.6. The van der Waals surface area contributed by atoms with Crippen LogP contribution in [-0.2, 0) is 6.54 Å². The molecule has 0 radical (unpaired) electrons. The Kier molecular flexibility index (Phi) is 4.02. The molecule has 0 aromatic heterocycles. The van der Waals surface area contributed by atoms with Gasteiger partial charge in [-0.2, -0.15) is 0 Å². The number of hydrogen-bond donors (Lipinski definition) is 1. The van der Waals surface area contributed by atoms with Crippen molar-refractivity contribution in [3.05, 3.63) is 34.6 Å². The van der Waals surface area contributed by atoms with Gasteiger partial charge in [0.15, 0.2) is 0 Å². The lowest BCUT2D eigenvalue weighted by atomic mass is 9.96. The van der Waals surface area contributed by atoms with Gasteiger partial charge in [-0.05, 0) is 24.5 Å². The predicted octanol–water partition coefficient (Wildman–Crippen LogP) is 2.68. The molecule has 1 aromatic carbocycles. The molecular formula is C13H17ClFNO. The molecule has 1 fully saturated rings. The fourth-order valence-corrected chi connectivity index (χ4v) is 2.41. The van der Waals surface area contributed by atoms with Crippen LogP contribution in [0, 0.1) is 11.7 Å². The topological polar surface area (TPSA) is 23.5 Å². The van der Waals surface area contributed by atoms with Crippen LogP contribution in [0.1, 0.15) is 18.9 Å². The molecule has 0 saturated carbocycles. The first-order valence-corrected chi connectivity index (χ1v) is 6.28. The van der Waals surface area contributed by atoms with Crippen LogP contribution in [0.2, 0.25) is 5.02 Å². The fraction of sp³-hybridized carbons (Fsp3) is 0.538. The van der Waals surface area contributed by atoms with Gasteiger partial charge in [0.1, 0.15) is 5.82 Å². The molecule has 4 heteroatoms. The van der Waals surface area contributed by atoms with E-state index in [1.165, 1.54) is 6.07 Å². The highest BCUT2D eigenvalue weighted by molar-refractivity contribution is 6.30. The Bertz CT molecular complexity index is 399. The average Bonchev–Trinajstić information content (AvgIpc) is 2.27. The first-order valence-electron chi connectivity index (χ1n) is 5.90. The lowest BCUT2D eigenvalue weighted by molar-refractivity contribution is 0.0316. The molecule has 2 atom stereocenters. The normalized spacial score (nSPS) is 26.1. The highest BCUT2D eigenvalue weighted by Gasteiger charge is 2.24. The molecular weight excluding hydrogens is 241 g/mol. The van der Waals surface area contributed by atoms with Crippen LogP contribution in [0.15, 0.2) is 18.2 Å². The third-order valence-corrected chi connectivity index (χ3v) is 3.59. The van der Waals surface area contributed by atoms with E-state index >= 15 is 0 Å². The minimum absolute atomic E-state index is 0.221. The van der Waals surface area contributed by atoms with Crippen molar-refractivity contribution in [2.24, 2.45) is 5.92 Å². The van der Waals surface area contributed by atoms with Crippen molar-refractivity contribution in [1.29, 1.82) is 0 Å². The van der Waals surface area contributed by atoms with E-state index < -0.39 is 0 Å². The smallest absolute Gasteiger partial charge is 0.129 e. The Morgan fingerprint density at radius 2 is 2.29 bits per heavy atom. The van der Waals surface area contributed by atoms with Gasteiger partial charge in [-0.15, -0.1) is 0 Å². The van der Waals surface area contributed by atoms with Crippen molar-refractivity contribution >= 4 is 11.6 Å². The molecule has 1 heterocycles. The van der Waals surface area contributed by atoms with Crippen LogP contribution in [0.3, 0.4) is 0 Å². The van der Waals surface area contributed by atoms with E-state index in [2.05, 4.69) is 4.90 Å². The number of piperidine rings is 1. The third kappa shape index (κ3) is 3.18. The van der Waals surface area contributed by atoms with Gasteiger partial charge < -0.3 is 5.11 Å². The van der Waals surface area contributed by atoms with E-state index in [1.807, 2.05) is 6.92 Å². The number of aliphatic hydroxyl groups excluding tert-OH is 1. The van der Waals surface area contributed by atoms with E-state index in [0.717, 1.165) is 19.5 Å². The average molecular weight is 258 g/mol. The van der Waals surface area contributed by atoms with Gasteiger partial charge in [0.2, 0.25) is 0 Å². The Hall–Kier alpha value is -0.640. The standard InChI is InChI=1S/C13H17ClFNO/c1-9-7-16(5-4-13(9)17)8-10-2-3-11(14)6-12(10)15/h2-3,6,9,13,17H,4-5,7-8H2,1H3. The zero-order valence-electron chi connectivity index (χ0n) is 9.87. The van der Waals surface area contributed by atoms with Gasteiger partial charge in [-0.3, -0.25) is 4.90 Å². The highest BCUT2D eigenvalue weighted by atomic mass is 35.5. The molecule has 1 N–H and O–H groups in total. The first kappa shape index (κ1) is 12.8. The molecule has 1 aliphatic heterocycles. The zero-order valence-corrected chi connectivity index (χ0v) is 10.6. The quantitative estimate of drug-likeness (QED) is 0.881. The second-order valence-electron chi connectivity index (χ2n) is 4.80. The lowest BCUT2D eigenvalue weighted by Gasteiger charge is -2.34. The highest BCUT2D eigenvalue weighted by Crippen LogP contribution is 2.21. The van der Waals surface area contributed by atoms with Crippen molar-refractivity contribution < 1.29 is 9.50 Å². The molecule has 0 aliphatic carbocycles. The minimum Gasteiger partial charge on any atom is -0.393 e. The monoisotopic (exact) mass is 257 g/mol. The number of hydrogen-bond acceptors (Lipinski definition) is 2. The Morgan fingerprint density at radius 1 is 1.53 bits per heavy atom. The minimum atomic E-state index is -0.253. The van der Waals surface area contributed by atoms with Gasteiger partial charge in [0.25, 0.3) is 0 Å². The van der Waals surface area contributed by atoms with E-state index in [-0.39, 0.29) is 17.8 Å². The van der Waals surface area contributed by atoms with E-state index in [0.29, 0.717) is 17.1 Å². The van der Waals surface area contributed by atoms with Crippen molar-refractivity contribution in [2.75, 3.05) is 13.1 Å². The maximum atomic E-state index is 13.6. The molecule has 0 amide bonds. The summed E-state index contributed by atoms with van der Waals surface area (Å²) in [5, 5.41) is 10.1. The fourth-order valence-electron chi connectivity index (χ4n) is 2.25. The first-order chi connectivity index (χ1) is 8.06. The maximum Gasteiger partial charge on any atom is 0.129 e. The maximum absolute atomic E-state index is 13.6. The summed E-state index contributed by atoms with van der Waals surface area (Å²) in [5.74, 6) is -0.00427. The summed E-state index contributed by atoms with van der Waals surface area (Å²) in [6, 6.07) is 4.79. The Balaban J connectivity index is 2.01. The number of likely N-dealkylation sites (tertiary alicyclic amines) is 1. The van der Waals surface area contributed by atoms with E-state index in [9.17, 15) is 9.50 Å². The summed E-state index contributed by atoms with van der Waals surface area (Å²) >= 11 is 5.72. The SMILES string of the molecule is CC1CN(Cc2ccc(Cl)cc2F)CCC1O. The van der Waals surface area contributed by atoms with Gasteiger partial charge in [0, 0.05) is 30.2 Å². The summed E-state index contributed by atoms with van der Waals surface area (Å²) in [4.78, 5) is 2.17. The molecule has 0 bridgehead atoms. The van der Waals surface area contributed by atoms with Crippen LogP contribution in [0.25, 0.3) is 0 Å². The number of benzene rings is 1. The molecule has 1 aromatic rings. The molecule has 2 nitrogen and oxygen atoms in total. The lowest BCUT2D eigenvalue weighted by Crippen LogP contribution is -2.41. The molecule has 94 valence electrons. The Labute approximate surface area is 106 Å². The predicted molar refractivity (Wildman–Crippen MR) is 66.5 cm³/mol. The number of halogens is 2. The van der Waals surface area contributed by atoms with Crippen molar-refractivity contribution in [3.8, 4) is 0 Å². The summed E-state index contributed by atoms with van der Waals surface area (Å²) in [5.41, 5.74) is 0.665. The second kappa shape index (κ2) is 5.34. The third-order valence-electron chi connectivity index (χ3n) is 3.35. The summed E-state index contributed by atoms with van der Waals surface area (Å²) in [6.45, 7) is 4.23. The van der Waals surface area contributed by atoms with Gasteiger partial charge in [-0.1, -0.05) is 24.6 Å². The molecule has 2 rings (SSSR count). The molecule has 1 saturated heterocycles. The molecule has 1 aliphatic rings. The molecule has 17 heavy (non-hydrogen) atoms.